The third-order valence-electron chi connectivity index (χ3n) is 5.63. The van der Waals surface area contributed by atoms with E-state index in [-0.39, 0.29) is 35.5 Å². The highest BCUT2D eigenvalue weighted by atomic mass is 32.2. The summed E-state index contributed by atoms with van der Waals surface area (Å²) in [7, 11) is 0. The van der Waals surface area contributed by atoms with Gasteiger partial charge in [-0.2, -0.15) is 0 Å². The Kier molecular flexibility index (Phi) is 8.20. The van der Waals surface area contributed by atoms with Crippen molar-refractivity contribution in [1.29, 1.82) is 0 Å². The summed E-state index contributed by atoms with van der Waals surface area (Å²) < 4.78 is 1.84. The van der Waals surface area contributed by atoms with Crippen LogP contribution >= 0.6 is 11.8 Å². The number of nitrogens with zero attached hydrogens (tertiary/aromatic N) is 4. The summed E-state index contributed by atoms with van der Waals surface area (Å²) in [6, 6.07) is 5.78. The highest BCUT2D eigenvalue weighted by Gasteiger charge is 2.23. The van der Waals surface area contributed by atoms with E-state index in [0.29, 0.717) is 23.4 Å². The van der Waals surface area contributed by atoms with Crippen LogP contribution in [0, 0.1) is 16.0 Å². The largest absolute Gasteiger partial charge is 0.352 e. The molecule has 0 aliphatic heterocycles. The minimum absolute atomic E-state index is 0.0140. The third kappa shape index (κ3) is 6.06. The van der Waals surface area contributed by atoms with Gasteiger partial charge >= 0.3 is 0 Å². The summed E-state index contributed by atoms with van der Waals surface area (Å²) in [5.41, 5.74) is 0.0546. The minimum atomic E-state index is -0.543. The number of thioether (sulfide) groups is 1. The predicted molar refractivity (Wildman–Crippen MR) is 120 cm³/mol. The molecule has 0 saturated heterocycles. The first kappa shape index (κ1) is 23.7. The molecule has 0 bridgehead atoms. The molecule has 2 amide bonds. The number of benzene rings is 1. The zero-order valence-corrected chi connectivity index (χ0v) is 19.1. The SMILES string of the molecule is CCn1c(CNC(=O)c2cccc([N+](=O)[O-])c2)nnc1SCC(=O)NC1CCCCC1C. The topological polar surface area (TPSA) is 132 Å². The molecule has 1 heterocycles. The molecule has 11 heteroatoms. The molecule has 3 rings (SSSR count). The van der Waals surface area contributed by atoms with Gasteiger partial charge in [-0.25, -0.2) is 0 Å². The first-order valence-corrected chi connectivity index (χ1v) is 11.7. The molecule has 1 fully saturated rings. The minimum Gasteiger partial charge on any atom is -0.352 e. The standard InChI is InChI=1S/C21H28N6O4S/c1-3-26-18(12-22-20(29)15-8-6-9-16(11-15)27(30)31)24-25-21(26)32-13-19(28)23-17-10-5-4-7-14(17)2/h6,8-9,11,14,17H,3-5,7,10,12-13H2,1-2H3,(H,22,29)(H,23,28). The fourth-order valence-corrected chi connectivity index (χ4v) is 4.64. The zero-order chi connectivity index (χ0) is 23.1. The molecule has 172 valence electrons. The summed E-state index contributed by atoms with van der Waals surface area (Å²) >= 11 is 1.32. The van der Waals surface area contributed by atoms with Crippen LogP contribution in [0.3, 0.4) is 0 Å². The van der Waals surface area contributed by atoms with Gasteiger partial charge in [-0.1, -0.05) is 37.6 Å². The van der Waals surface area contributed by atoms with Crippen molar-refractivity contribution in [2.45, 2.75) is 63.8 Å². The molecule has 2 N–H and O–H groups in total. The maximum Gasteiger partial charge on any atom is 0.270 e. The number of carbonyl (C=O) groups excluding carboxylic acids is 2. The van der Waals surface area contributed by atoms with Gasteiger partial charge in [0.15, 0.2) is 11.0 Å². The Hall–Kier alpha value is -2.95. The van der Waals surface area contributed by atoms with Crippen molar-refractivity contribution in [3.8, 4) is 0 Å². The van der Waals surface area contributed by atoms with Crippen LogP contribution in [0.1, 0.15) is 55.7 Å². The van der Waals surface area contributed by atoms with Crippen molar-refractivity contribution in [3.63, 3.8) is 0 Å². The number of nitro benzene ring substituents is 1. The number of nitrogens with one attached hydrogen (secondary N) is 2. The van der Waals surface area contributed by atoms with Crippen molar-refractivity contribution in [3.05, 3.63) is 45.8 Å². The Bertz CT molecular complexity index is 979. The Balaban J connectivity index is 1.55. The molecule has 1 saturated carbocycles. The van der Waals surface area contributed by atoms with Gasteiger partial charge in [0.1, 0.15) is 0 Å². The van der Waals surface area contributed by atoms with Gasteiger partial charge in [-0.05, 0) is 31.7 Å². The second kappa shape index (κ2) is 11.1. The molecule has 2 aromatic rings. The van der Waals surface area contributed by atoms with Gasteiger partial charge in [0, 0.05) is 30.3 Å². The molecule has 1 aliphatic carbocycles. The number of hydrogen-bond donors (Lipinski definition) is 2. The van der Waals surface area contributed by atoms with Gasteiger partial charge in [-0.3, -0.25) is 19.7 Å². The normalized spacial score (nSPS) is 18.2. The van der Waals surface area contributed by atoms with E-state index in [0.717, 1.165) is 19.3 Å². The second-order valence-corrected chi connectivity index (χ2v) is 8.80. The maximum absolute atomic E-state index is 12.4. The lowest BCUT2D eigenvalue weighted by atomic mass is 9.86. The Morgan fingerprint density at radius 1 is 1.28 bits per heavy atom. The monoisotopic (exact) mass is 460 g/mol. The fraction of sp³-hybridized carbons (Fsp3) is 0.524. The lowest BCUT2D eigenvalue weighted by Crippen LogP contribution is -2.41. The Labute approximate surface area is 190 Å². The number of rotatable bonds is 9. The molecule has 2 atom stereocenters. The van der Waals surface area contributed by atoms with E-state index < -0.39 is 10.8 Å². The molecular weight excluding hydrogens is 432 g/mol. The Morgan fingerprint density at radius 3 is 2.78 bits per heavy atom. The van der Waals surface area contributed by atoms with Crippen LogP contribution in [0.25, 0.3) is 0 Å². The summed E-state index contributed by atoms with van der Waals surface area (Å²) in [5.74, 6) is 0.851. The molecule has 1 aromatic carbocycles. The van der Waals surface area contributed by atoms with E-state index in [1.807, 2.05) is 11.5 Å². The van der Waals surface area contributed by atoms with Gasteiger partial charge in [-0.15, -0.1) is 10.2 Å². The molecule has 1 aromatic heterocycles. The first-order chi connectivity index (χ1) is 15.4. The van der Waals surface area contributed by atoms with Crippen molar-refractivity contribution < 1.29 is 14.5 Å². The zero-order valence-electron chi connectivity index (χ0n) is 18.2. The van der Waals surface area contributed by atoms with E-state index in [4.69, 9.17) is 0 Å². The van der Waals surface area contributed by atoms with Crippen LogP contribution in [0.2, 0.25) is 0 Å². The maximum atomic E-state index is 12.4. The number of aromatic nitrogens is 3. The average Bonchev–Trinajstić information content (AvgIpc) is 3.19. The van der Waals surface area contributed by atoms with Crippen LogP contribution < -0.4 is 10.6 Å². The second-order valence-electron chi connectivity index (χ2n) is 7.86. The van der Waals surface area contributed by atoms with Crippen molar-refractivity contribution in [2.75, 3.05) is 5.75 Å². The Morgan fingerprint density at radius 2 is 2.06 bits per heavy atom. The van der Waals surface area contributed by atoms with E-state index in [1.54, 1.807) is 0 Å². The number of non-ortho nitro benzene ring substituents is 1. The van der Waals surface area contributed by atoms with Crippen LogP contribution in [0.15, 0.2) is 29.4 Å². The third-order valence-corrected chi connectivity index (χ3v) is 6.59. The van der Waals surface area contributed by atoms with Crippen molar-refractivity contribution in [1.82, 2.24) is 25.4 Å². The van der Waals surface area contributed by atoms with Gasteiger partial charge in [0.25, 0.3) is 11.6 Å². The van der Waals surface area contributed by atoms with E-state index in [2.05, 4.69) is 27.8 Å². The molecule has 0 spiro atoms. The summed E-state index contributed by atoms with van der Waals surface area (Å²) in [6.07, 6.45) is 4.55. The number of hydrogen-bond acceptors (Lipinski definition) is 7. The molecular formula is C21H28N6O4S. The lowest BCUT2D eigenvalue weighted by molar-refractivity contribution is -0.384. The van der Waals surface area contributed by atoms with Gasteiger partial charge in [0.2, 0.25) is 5.91 Å². The molecule has 32 heavy (non-hydrogen) atoms. The summed E-state index contributed by atoms with van der Waals surface area (Å²) in [4.78, 5) is 35.1. The molecule has 10 nitrogen and oxygen atoms in total. The summed E-state index contributed by atoms with van der Waals surface area (Å²) in [6.45, 7) is 4.82. The van der Waals surface area contributed by atoms with E-state index in [9.17, 15) is 19.7 Å². The fourth-order valence-electron chi connectivity index (χ4n) is 3.81. The van der Waals surface area contributed by atoms with Gasteiger partial charge in [0.05, 0.1) is 17.2 Å². The number of nitro groups is 1. The van der Waals surface area contributed by atoms with Gasteiger partial charge < -0.3 is 15.2 Å². The molecule has 2 unspecified atom stereocenters. The predicted octanol–water partition coefficient (Wildman–Crippen LogP) is 2.92. The number of carbonyl (C=O) groups is 2. The van der Waals surface area contributed by atoms with Crippen LogP contribution in [-0.2, 0) is 17.9 Å². The lowest BCUT2D eigenvalue weighted by Gasteiger charge is -2.29. The molecule has 0 radical (unpaired) electrons. The molecule has 1 aliphatic rings. The van der Waals surface area contributed by atoms with Crippen molar-refractivity contribution >= 4 is 29.3 Å². The highest BCUT2D eigenvalue weighted by molar-refractivity contribution is 7.99. The van der Waals surface area contributed by atoms with Crippen LogP contribution in [0.4, 0.5) is 5.69 Å². The van der Waals surface area contributed by atoms with Crippen LogP contribution in [-0.4, -0.2) is 43.3 Å². The van der Waals surface area contributed by atoms with Crippen LogP contribution in [0.5, 0.6) is 0 Å². The first-order valence-electron chi connectivity index (χ1n) is 10.8. The van der Waals surface area contributed by atoms with E-state index in [1.165, 1.54) is 42.4 Å². The summed E-state index contributed by atoms with van der Waals surface area (Å²) in [5, 5.41) is 25.7. The average molecular weight is 461 g/mol. The highest BCUT2D eigenvalue weighted by Crippen LogP contribution is 2.24. The van der Waals surface area contributed by atoms with Crippen molar-refractivity contribution in [2.24, 2.45) is 5.92 Å². The quantitative estimate of drug-likeness (QED) is 0.334. The smallest absolute Gasteiger partial charge is 0.270 e. The van der Waals surface area contributed by atoms with E-state index >= 15 is 0 Å². The number of amides is 2.